The van der Waals surface area contributed by atoms with E-state index >= 15 is 0 Å². The maximum absolute atomic E-state index is 11.8. The van der Waals surface area contributed by atoms with Crippen molar-refractivity contribution in [2.24, 2.45) is 0 Å². The van der Waals surface area contributed by atoms with Crippen molar-refractivity contribution in [2.45, 2.75) is 12.8 Å². The number of rotatable bonds is 5. The second kappa shape index (κ2) is 5.87. The molecule has 0 N–H and O–H groups in total. The molecule has 1 aromatic heterocycles. The largest absolute Gasteiger partial charge is 0.303 e. The number of carbonyl (C=O) groups excluding carboxylic acids is 2. The topological polar surface area (TPSA) is 47.0 Å². The average Bonchev–Trinajstić information content (AvgIpc) is 2.46. The molecular weight excluding hydrogens is 226 g/mol. The lowest BCUT2D eigenvalue weighted by molar-refractivity contribution is -0.107. The first kappa shape index (κ1) is 12.2. The molecule has 0 spiro atoms. The standard InChI is InChI=1S/C15H13NO2/c17-11-5-10-15(18)14-9-4-8-13(16-14)12-6-2-1-3-7-12/h1-4,6-9,11H,5,10H2. The van der Waals surface area contributed by atoms with Gasteiger partial charge in [-0.15, -0.1) is 0 Å². The highest BCUT2D eigenvalue weighted by Gasteiger charge is 2.08. The van der Waals surface area contributed by atoms with Crippen molar-refractivity contribution in [3.05, 3.63) is 54.2 Å². The Balaban J connectivity index is 2.25. The number of hydrogen-bond donors (Lipinski definition) is 0. The van der Waals surface area contributed by atoms with Gasteiger partial charge in [0.1, 0.15) is 12.0 Å². The van der Waals surface area contributed by atoms with E-state index in [2.05, 4.69) is 4.98 Å². The van der Waals surface area contributed by atoms with Gasteiger partial charge in [0.15, 0.2) is 5.78 Å². The zero-order chi connectivity index (χ0) is 12.8. The molecule has 18 heavy (non-hydrogen) atoms. The molecule has 90 valence electrons. The molecule has 0 aliphatic rings. The SMILES string of the molecule is O=CCCC(=O)c1cccc(-c2ccccc2)n1. The fourth-order valence-electron chi connectivity index (χ4n) is 1.68. The van der Waals surface area contributed by atoms with Crippen molar-refractivity contribution in [3.8, 4) is 11.3 Å². The molecule has 0 bridgehead atoms. The Kier molecular flexibility index (Phi) is 3.97. The van der Waals surface area contributed by atoms with Crippen LogP contribution in [-0.2, 0) is 4.79 Å². The summed E-state index contributed by atoms with van der Waals surface area (Å²) >= 11 is 0. The molecule has 0 radical (unpaired) electrons. The highest BCUT2D eigenvalue weighted by molar-refractivity contribution is 5.95. The fraction of sp³-hybridized carbons (Fsp3) is 0.133. The third-order valence-corrected chi connectivity index (χ3v) is 2.59. The Hall–Kier alpha value is -2.29. The first-order valence-corrected chi connectivity index (χ1v) is 5.80. The molecule has 0 saturated carbocycles. The summed E-state index contributed by atoms with van der Waals surface area (Å²) in [6.07, 6.45) is 1.21. The van der Waals surface area contributed by atoms with Crippen LogP contribution in [0.5, 0.6) is 0 Å². The predicted octanol–water partition coefficient (Wildman–Crippen LogP) is 2.91. The van der Waals surface area contributed by atoms with Crippen LogP contribution in [0.15, 0.2) is 48.5 Å². The normalized spacial score (nSPS) is 10.0. The number of nitrogens with zero attached hydrogens (tertiary/aromatic N) is 1. The summed E-state index contributed by atoms with van der Waals surface area (Å²) in [5, 5.41) is 0. The fourth-order valence-corrected chi connectivity index (χ4v) is 1.68. The van der Waals surface area contributed by atoms with E-state index in [9.17, 15) is 9.59 Å². The monoisotopic (exact) mass is 239 g/mol. The Bertz CT molecular complexity index is 549. The summed E-state index contributed by atoms with van der Waals surface area (Å²) in [4.78, 5) is 26.4. The summed E-state index contributed by atoms with van der Waals surface area (Å²) < 4.78 is 0. The molecule has 3 heteroatoms. The van der Waals surface area contributed by atoms with E-state index in [1.165, 1.54) is 0 Å². The van der Waals surface area contributed by atoms with Crippen molar-refractivity contribution < 1.29 is 9.59 Å². The highest BCUT2D eigenvalue weighted by Crippen LogP contribution is 2.17. The van der Waals surface area contributed by atoms with Crippen molar-refractivity contribution in [1.29, 1.82) is 0 Å². The molecule has 0 fully saturated rings. The van der Waals surface area contributed by atoms with Crippen molar-refractivity contribution >= 4 is 12.1 Å². The van der Waals surface area contributed by atoms with E-state index in [1.807, 2.05) is 42.5 Å². The van der Waals surface area contributed by atoms with Crippen LogP contribution < -0.4 is 0 Å². The Labute approximate surface area is 105 Å². The van der Waals surface area contributed by atoms with Crippen molar-refractivity contribution in [3.63, 3.8) is 0 Å². The molecule has 3 nitrogen and oxygen atoms in total. The Morgan fingerprint density at radius 3 is 2.56 bits per heavy atom. The van der Waals surface area contributed by atoms with E-state index in [0.29, 0.717) is 5.69 Å². The van der Waals surface area contributed by atoms with E-state index in [1.54, 1.807) is 6.07 Å². The van der Waals surface area contributed by atoms with Crippen LogP contribution >= 0.6 is 0 Å². The van der Waals surface area contributed by atoms with Crippen LogP contribution in [0.4, 0.5) is 0 Å². The maximum atomic E-state index is 11.8. The van der Waals surface area contributed by atoms with Crippen LogP contribution in [0.2, 0.25) is 0 Å². The number of ketones is 1. The van der Waals surface area contributed by atoms with Gasteiger partial charge in [-0.05, 0) is 12.1 Å². The molecule has 2 rings (SSSR count). The second-order valence-electron chi connectivity index (χ2n) is 3.90. The number of aromatic nitrogens is 1. The molecule has 0 aliphatic carbocycles. The third-order valence-electron chi connectivity index (χ3n) is 2.59. The smallest absolute Gasteiger partial charge is 0.181 e. The van der Waals surface area contributed by atoms with E-state index < -0.39 is 0 Å². The number of carbonyl (C=O) groups is 2. The van der Waals surface area contributed by atoms with Gasteiger partial charge in [0, 0.05) is 18.4 Å². The lowest BCUT2D eigenvalue weighted by atomic mass is 10.1. The number of benzene rings is 1. The third kappa shape index (κ3) is 2.88. The highest BCUT2D eigenvalue weighted by atomic mass is 16.1. The van der Waals surface area contributed by atoms with Crippen LogP contribution in [0.3, 0.4) is 0 Å². The number of pyridine rings is 1. The first-order valence-electron chi connectivity index (χ1n) is 5.80. The summed E-state index contributed by atoms with van der Waals surface area (Å²) in [5.41, 5.74) is 2.16. The van der Waals surface area contributed by atoms with Crippen LogP contribution in [0, 0.1) is 0 Å². The van der Waals surface area contributed by atoms with Crippen molar-refractivity contribution in [1.82, 2.24) is 4.98 Å². The van der Waals surface area contributed by atoms with Gasteiger partial charge in [-0.1, -0.05) is 36.4 Å². The number of Topliss-reactive ketones (excluding diaryl/α,β-unsaturated/α-hetero) is 1. The number of hydrogen-bond acceptors (Lipinski definition) is 3. The summed E-state index contributed by atoms with van der Waals surface area (Å²) in [5.74, 6) is -0.0973. The predicted molar refractivity (Wildman–Crippen MR) is 69.3 cm³/mol. The van der Waals surface area contributed by atoms with E-state index in [0.717, 1.165) is 17.5 Å². The molecule has 0 amide bonds. The molecule has 1 aromatic carbocycles. The van der Waals surface area contributed by atoms with Crippen LogP contribution in [0.1, 0.15) is 23.3 Å². The molecule has 0 unspecified atom stereocenters. The van der Waals surface area contributed by atoms with Gasteiger partial charge in [-0.2, -0.15) is 0 Å². The maximum Gasteiger partial charge on any atom is 0.181 e. The van der Waals surface area contributed by atoms with Gasteiger partial charge in [0.2, 0.25) is 0 Å². The van der Waals surface area contributed by atoms with Crippen LogP contribution in [-0.4, -0.2) is 17.1 Å². The lowest BCUT2D eigenvalue weighted by Crippen LogP contribution is -2.03. The summed E-state index contributed by atoms with van der Waals surface area (Å²) in [7, 11) is 0. The van der Waals surface area contributed by atoms with Crippen molar-refractivity contribution in [2.75, 3.05) is 0 Å². The van der Waals surface area contributed by atoms with Crippen LogP contribution in [0.25, 0.3) is 11.3 Å². The first-order chi connectivity index (χ1) is 8.81. The lowest BCUT2D eigenvalue weighted by Gasteiger charge is -2.03. The Morgan fingerprint density at radius 1 is 1.06 bits per heavy atom. The zero-order valence-electron chi connectivity index (χ0n) is 9.87. The Morgan fingerprint density at radius 2 is 1.83 bits per heavy atom. The molecule has 2 aromatic rings. The summed E-state index contributed by atoms with van der Waals surface area (Å²) in [6.45, 7) is 0. The molecule has 0 atom stereocenters. The van der Waals surface area contributed by atoms with Gasteiger partial charge in [0.25, 0.3) is 0 Å². The number of aldehydes is 1. The van der Waals surface area contributed by atoms with E-state index in [-0.39, 0.29) is 18.6 Å². The minimum atomic E-state index is -0.0973. The quantitative estimate of drug-likeness (QED) is 0.595. The zero-order valence-corrected chi connectivity index (χ0v) is 9.87. The molecule has 0 saturated heterocycles. The van der Waals surface area contributed by atoms with Gasteiger partial charge in [0.05, 0.1) is 5.69 Å². The molecular formula is C15H13NO2. The van der Waals surface area contributed by atoms with Gasteiger partial charge >= 0.3 is 0 Å². The van der Waals surface area contributed by atoms with Gasteiger partial charge in [-0.3, -0.25) is 4.79 Å². The molecule has 0 aliphatic heterocycles. The minimum Gasteiger partial charge on any atom is -0.303 e. The minimum absolute atomic E-state index is 0.0973. The second-order valence-corrected chi connectivity index (χ2v) is 3.90. The average molecular weight is 239 g/mol. The summed E-state index contributed by atoms with van der Waals surface area (Å²) in [6, 6.07) is 15.0. The van der Waals surface area contributed by atoms with Gasteiger partial charge in [-0.25, -0.2) is 4.98 Å². The van der Waals surface area contributed by atoms with E-state index in [4.69, 9.17) is 0 Å². The molecule has 1 heterocycles. The van der Waals surface area contributed by atoms with Gasteiger partial charge < -0.3 is 4.79 Å².